The number of amides is 3. The molecule has 0 saturated heterocycles. The number of nitrogens with one attached hydrogen (secondary N) is 2. The summed E-state index contributed by atoms with van der Waals surface area (Å²) >= 11 is 0. The highest BCUT2D eigenvalue weighted by Crippen LogP contribution is 2.14. The van der Waals surface area contributed by atoms with Gasteiger partial charge in [-0.25, -0.2) is 9.59 Å². The number of urea groups is 1. The van der Waals surface area contributed by atoms with Crippen LogP contribution in [-0.2, 0) is 20.9 Å². The lowest BCUT2D eigenvalue weighted by Crippen LogP contribution is -2.41. The molecule has 1 aromatic carbocycles. The predicted octanol–water partition coefficient (Wildman–Crippen LogP) is 1.76. The molecule has 1 aromatic heterocycles. The van der Waals surface area contributed by atoms with Crippen LogP contribution in [0.15, 0.2) is 52.7 Å². The fraction of sp³-hybridized carbons (Fsp3) is 0.158. The van der Waals surface area contributed by atoms with Crippen LogP contribution < -0.4 is 15.4 Å². The van der Waals surface area contributed by atoms with E-state index in [4.69, 9.17) is 19.2 Å². The highest BCUT2D eigenvalue weighted by Gasteiger charge is 2.15. The highest BCUT2D eigenvalue weighted by molar-refractivity contribution is 6.00. The van der Waals surface area contributed by atoms with Gasteiger partial charge in [0.05, 0.1) is 19.9 Å². The summed E-state index contributed by atoms with van der Waals surface area (Å²) in [6.07, 6.45) is 2.77. The molecule has 3 amide bonds. The average Bonchev–Trinajstić information content (AvgIpc) is 3.23. The van der Waals surface area contributed by atoms with Crippen LogP contribution in [0.3, 0.4) is 0 Å². The number of imide groups is 1. The maximum absolute atomic E-state index is 11.9. The number of nitrogens with zero attached hydrogens (tertiary/aromatic N) is 1. The van der Waals surface area contributed by atoms with Crippen LogP contribution in [0.4, 0.5) is 4.79 Å². The van der Waals surface area contributed by atoms with Gasteiger partial charge in [0.1, 0.15) is 23.2 Å². The van der Waals surface area contributed by atoms with Gasteiger partial charge in [-0.1, -0.05) is 12.1 Å². The van der Waals surface area contributed by atoms with Crippen molar-refractivity contribution >= 4 is 24.0 Å². The third-order valence-corrected chi connectivity index (χ3v) is 3.36. The molecule has 0 bridgehead atoms. The molecule has 0 atom stereocenters. The van der Waals surface area contributed by atoms with Gasteiger partial charge in [0.25, 0.3) is 5.91 Å². The van der Waals surface area contributed by atoms with Crippen molar-refractivity contribution < 1.29 is 28.3 Å². The molecular weight excluding hydrogens is 366 g/mol. The van der Waals surface area contributed by atoms with Crippen LogP contribution >= 0.6 is 0 Å². The van der Waals surface area contributed by atoms with Crippen molar-refractivity contribution in [3.05, 3.63) is 59.6 Å². The van der Waals surface area contributed by atoms with E-state index < -0.39 is 24.5 Å². The molecule has 0 aliphatic rings. The Morgan fingerprint density at radius 2 is 1.96 bits per heavy atom. The molecule has 9 nitrogen and oxygen atoms in total. The Morgan fingerprint density at radius 1 is 1.21 bits per heavy atom. The average molecular weight is 383 g/mol. The van der Waals surface area contributed by atoms with Crippen molar-refractivity contribution in [3.8, 4) is 11.8 Å². The topological polar surface area (TPSA) is 131 Å². The molecule has 144 valence electrons. The van der Waals surface area contributed by atoms with Gasteiger partial charge in [0.2, 0.25) is 0 Å². The number of esters is 1. The Labute approximate surface area is 160 Å². The predicted molar refractivity (Wildman–Crippen MR) is 96.6 cm³/mol. The minimum atomic E-state index is -0.982. The maximum atomic E-state index is 11.9. The second-order valence-corrected chi connectivity index (χ2v) is 5.33. The van der Waals surface area contributed by atoms with Crippen molar-refractivity contribution in [1.82, 2.24) is 10.6 Å². The van der Waals surface area contributed by atoms with Crippen LogP contribution in [0.5, 0.6) is 5.75 Å². The molecule has 0 saturated carbocycles. The van der Waals surface area contributed by atoms with Gasteiger partial charge in [0, 0.05) is 0 Å². The first-order valence-corrected chi connectivity index (χ1v) is 8.05. The number of hydrogen-bond acceptors (Lipinski definition) is 7. The number of carbonyl (C=O) groups excluding carboxylic acids is 3. The molecule has 0 spiro atoms. The fourth-order valence-corrected chi connectivity index (χ4v) is 2.00. The third-order valence-electron chi connectivity index (χ3n) is 3.36. The Kier molecular flexibility index (Phi) is 7.36. The smallest absolute Gasteiger partial charge is 0.349 e. The maximum Gasteiger partial charge on any atom is 0.349 e. The molecule has 28 heavy (non-hydrogen) atoms. The van der Waals surface area contributed by atoms with Crippen molar-refractivity contribution in [2.45, 2.75) is 6.54 Å². The Morgan fingerprint density at radius 3 is 2.57 bits per heavy atom. The fourth-order valence-electron chi connectivity index (χ4n) is 2.00. The van der Waals surface area contributed by atoms with E-state index in [0.29, 0.717) is 17.1 Å². The number of nitriles is 1. The van der Waals surface area contributed by atoms with Crippen LogP contribution in [0.2, 0.25) is 0 Å². The molecule has 0 aliphatic carbocycles. The van der Waals surface area contributed by atoms with E-state index in [-0.39, 0.29) is 12.1 Å². The lowest BCUT2D eigenvalue weighted by Gasteiger charge is -2.06. The van der Waals surface area contributed by atoms with Crippen LogP contribution in [-0.4, -0.2) is 31.6 Å². The summed E-state index contributed by atoms with van der Waals surface area (Å²) < 4.78 is 14.8. The first-order chi connectivity index (χ1) is 13.5. The molecule has 2 aromatic rings. The zero-order valence-corrected chi connectivity index (χ0v) is 14.9. The number of carbonyl (C=O) groups is 3. The Balaban J connectivity index is 1.81. The number of rotatable bonds is 7. The summed E-state index contributed by atoms with van der Waals surface area (Å²) in [5, 5.41) is 13.5. The van der Waals surface area contributed by atoms with Crippen molar-refractivity contribution in [3.63, 3.8) is 0 Å². The monoisotopic (exact) mass is 383 g/mol. The quantitative estimate of drug-likeness (QED) is 0.423. The van der Waals surface area contributed by atoms with Gasteiger partial charge in [-0.15, -0.1) is 0 Å². The molecule has 1 heterocycles. The highest BCUT2D eigenvalue weighted by atomic mass is 16.5. The molecule has 0 unspecified atom stereocenters. The second-order valence-electron chi connectivity index (χ2n) is 5.33. The zero-order valence-electron chi connectivity index (χ0n) is 14.9. The van der Waals surface area contributed by atoms with E-state index >= 15 is 0 Å². The van der Waals surface area contributed by atoms with E-state index in [0.717, 1.165) is 0 Å². The molecular formula is C19H17N3O6. The molecule has 2 rings (SSSR count). The van der Waals surface area contributed by atoms with Crippen LogP contribution in [0.25, 0.3) is 6.08 Å². The Hall–Kier alpha value is -4.06. The first-order valence-electron chi connectivity index (χ1n) is 8.05. The molecule has 9 heteroatoms. The zero-order chi connectivity index (χ0) is 20.4. The van der Waals surface area contributed by atoms with E-state index in [2.05, 4.69) is 5.32 Å². The summed E-state index contributed by atoms with van der Waals surface area (Å²) in [6.45, 7) is -0.621. The molecule has 0 radical (unpaired) electrons. The minimum Gasteiger partial charge on any atom is -0.497 e. The van der Waals surface area contributed by atoms with Crippen molar-refractivity contribution in [2.24, 2.45) is 0 Å². The number of methoxy groups -OCH3 is 1. The number of ether oxygens (including phenoxy) is 2. The lowest BCUT2D eigenvalue weighted by molar-refractivity contribution is -0.144. The standard InChI is InChI=1S/C19H17N3O6/c1-26-15-6-4-13(5-7-15)9-14(10-20)18(24)28-12-17(23)22-19(25)21-11-16-3-2-8-27-16/h2-9H,11-12H2,1H3,(H2,21,22,23,25)/b14-9+. The van der Waals surface area contributed by atoms with Gasteiger partial charge in [-0.2, -0.15) is 5.26 Å². The second kappa shape index (κ2) is 10.2. The summed E-state index contributed by atoms with van der Waals surface area (Å²) in [6, 6.07) is 10.9. The van der Waals surface area contributed by atoms with Gasteiger partial charge in [-0.3, -0.25) is 10.1 Å². The number of hydrogen-bond donors (Lipinski definition) is 2. The first kappa shape index (κ1) is 20.3. The van der Waals surface area contributed by atoms with Gasteiger partial charge >= 0.3 is 12.0 Å². The molecule has 2 N–H and O–H groups in total. The van der Waals surface area contributed by atoms with Crippen LogP contribution in [0, 0.1) is 11.3 Å². The minimum absolute atomic E-state index is 0.0923. The molecule has 0 aliphatic heterocycles. The van der Waals surface area contributed by atoms with Crippen molar-refractivity contribution in [1.29, 1.82) is 5.26 Å². The summed E-state index contributed by atoms with van der Waals surface area (Å²) in [4.78, 5) is 35.2. The number of furan rings is 1. The summed E-state index contributed by atoms with van der Waals surface area (Å²) in [7, 11) is 1.52. The normalized spacial score (nSPS) is 10.5. The lowest BCUT2D eigenvalue weighted by atomic mass is 10.1. The third kappa shape index (κ3) is 6.34. The van der Waals surface area contributed by atoms with Crippen molar-refractivity contribution in [2.75, 3.05) is 13.7 Å². The SMILES string of the molecule is COc1ccc(/C=C(\C#N)C(=O)OCC(=O)NC(=O)NCc2ccco2)cc1. The van der Waals surface area contributed by atoms with E-state index in [9.17, 15) is 14.4 Å². The summed E-state index contributed by atoms with van der Waals surface area (Å²) in [5.74, 6) is -0.687. The molecule has 0 fully saturated rings. The van der Waals surface area contributed by atoms with Gasteiger partial charge in [0.15, 0.2) is 6.61 Å². The van der Waals surface area contributed by atoms with E-state index in [1.807, 2.05) is 5.32 Å². The van der Waals surface area contributed by atoms with E-state index in [1.54, 1.807) is 42.5 Å². The van der Waals surface area contributed by atoms with E-state index in [1.165, 1.54) is 19.4 Å². The van der Waals surface area contributed by atoms with Gasteiger partial charge in [-0.05, 0) is 35.9 Å². The van der Waals surface area contributed by atoms with Gasteiger partial charge < -0.3 is 19.2 Å². The van der Waals surface area contributed by atoms with Crippen LogP contribution in [0.1, 0.15) is 11.3 Å². The number of benzene rings is 1. The largest absolute Gasteiger partial charge is 0.497 e. The Bertz CT molecular complexity index is 895. The summed E-state index contributed by atoms with van der Waals surface area (Å²) in [5.41, 5.74) is 0.288.